The molecule has 1 aromatic rings. The first-order valence-electron chi connectivity index (χ1n) is 7.46. The molecule has 0 amide bonds. The van der Waals surface area contributed by atoms with Gasteiger partial charge >= 0.3 is 0 Å². The van der Waals surface area contributed by atoms with Crippen LogP contribution < -0.4 is 10.6 Å². The molecule has 1 saturated heterocycles. The molecule has 106 valence electrons. The molecular weight excluding hydrogens is 234 g/mol. The Morgan fingerprint density at radius 3 is 2.42 bits per heavy atom. The molecule has 0 saturated carbocycles. The van der Waals surface area contributed by atoms with Crippen LogP contribution in [-0.4, -0.2) is 44.2 Å². The van der Waals surface area contributed by atoms with Crippen molar-refractivity contribution in [1.82, 2.24) is 4.90 Å². The van der Waals surface area contributed by atoms with Crippen LogP contribution in [0.15, 0.2) is 24.3 Å². The maximum atomic E-state index is 5.71. The van der Waals surface area contributed by atoms with E-state index in [1.54, 1.807) is 0 Å². The van der Waals surface area contributed by atoms with Crippen molar-refractivity contribution in [2.45, 2.75) is 20.3 Å². The van der Waals surface area contributed by atoms with E-state index in [4.69, 9.17) is 5.73 Å². The highest BCUT2D eigenvalue weighted by molar-refractivity contribution is 5.54. The van der Waals surface area contributed by atoms with E-state index >= 15 is 0 Å². The Hall–Kier alpha value is -1.06. The molecule has 0 radical (unpaired) electrons. The molecular formula is C16H27N3. The van der Waals surface area contributed by atoms with Gasteiger partial charge in [-0.3, -0.25) is 4.90 Å². The predicted octanol–water partition coefficient (Wildman–Crippen LogP) is 1.97. The van der Waals surface area contributed by atoms with Crippen LogP contribution >= 0.6 is 0 Å². The van der Waals surface area contributed by atoms with Crippen LogP contribution in [0.25, 0.3) is 0 Å². The summed E-state index contributed by atoms with van der Waals surface area (Å²) in [6.07, 6.45) is 0.975. The second-order valence-electron chi connectivity index (χ2n) is 5.85. The molecule has 0 aromatic heterocycles. The summed E-state index contributed by atoms with van der Waals surface area (Å²) in [5.74, 6) is 0.760. The summed E-state index contributed by atoms with van der Waals surface area (Å²) in [5, 5.41) is 0. The van der Waals surface area contributed by atoms with Crippen LogP contribution in [0.2, 0.25) is 0 Å². The molecule has 1 aliphatic rings. The van der Waals surface area contributed by atoms with Gasteiger partial charge in [0.05, 0.1) is 0 Å². The van der Waals surface area contributed by atoms with Crippen molar-refractivity contribution in [2.24, 2.45) is 11.7 Å². The van der Waals surface area contributed by atoms with Gasteiger partial charge in [-0.2, -0.15) is 0 Å². The summed E-state index contributed by atoms with van der Waals surface area (Å²) in [7, 11) is 0. The van der Waals surface area contributed by atoms with Gasteiger partial charge in [0.2, 0.25) is 0 Å². The molecule has 1 heterocycles. The Bertz CT molecular complexity index is 381. The standard InChI is InChI=1S/C16H27N3/c1-14(2)13-18-9-11-19(12-10-18)16-6-4-3-5-15(16)7-8-17/h3-6,14H,7-13,17H2,1-2H3. The number of anilines is 1. The summed E-state index contributed by atoms with van der Waals surface area (Å²) in [6, 6.07) is 8.70. The third-order valence-electron chi connectivity index (χ3n) is 3.74. The zero-order chi connectivity index (χ0) is 13.7. The molecule has 19 heavy (non-hydrogen) atoms. The highest BCUT2D eigenvalue weighted by Gasteiger charge is 2.19. The molecule has 3 heteroatoms. The SMILES string of the molecule is CC(C)CN1CCN(c2ccccc2CCN)CC1. The van der Waals surface area contributed by atoms with Gasteiger partial charge in [0.15, 0.2) is 0 Å². The Kier molecular flexibility index (Phi) is 5.23. The van der Waals surface area contributed by atoms with Crippen LogP contribution in [0.4, 0.5) is 5.69 Å². The Morgan fingerprint density at radius 2 is 1.79 bits per heavy atom. The fourth-order valence-corrected chi connectivity index (χ4v) is 2.87. The fourth-order valence-electron chi connectivity index (χ4n) is 2.87. The van der Waals surface area contributed by atoms with E-state index in [9.17, 15) is 0 Å². The van der Waals surface area contributed by atoms with Gasteiger partial charge in [0, 0.05) is 38.4 Å². The van der Waals surface area contributed by atoms with Crippen molar-refractivity contribution in [3.63, 3.8) is 0 Å². The number of hydrogen-bond acceptors (Lipinski definition) is 3. The number of rotatable bonds is 5. The van der Waals surface area contributed by atoms with Gasteiger partial charge in [-0.05, 0) is 30.5 Å². The van der Waals surface area contributed by atoms with Gasteiger partial charge in [-0.15, -0.1) is 0 Å². The summed E-state index contributed by atoms with van der Waals surface area (Å²) in [5.41, 5.74) is 8.49. The van der Waals surface area contributed by atoms with Gasteiger partial charge in [0.1, 0.15) is 0 Å². The largest absolute Gasteiger partial charge is 0.369 e. The van der Waals surface area contributed by atoms with Crippen LogP contribution in [0.1, 0.15) is 19.4 Å². The third-order valence-corrected chi connectivity index (χ3v) is 3.74. The van der Waals surface area contributed by atoms with Gasteiger partial charge < -0.3 is 10.6 Å². The molecule has 0 aliphatic carbocycles. The first-order chi connectivity index (χ1) is 9.20. The Morgan fingerprint density at radius 1 is 1.11 bits per heavy atom. The number of para-hydroxylation sites is 1. The zero-order valence-electron chi connectivity index (χ0n) is 12.3. The normalized spacial score (nSPS) is 17.2. The van der Waals surface area contributed by atoms with E-state index in [0.29, 0.717) is 0 Å². The van der Waals surface area contributed by atoms with E-state index in [0.717, 1.165) is 32.0 Å². The lowest BCUT2D eigenvalue weighted by Gasteiger charge is -2.37. The minimum absolute atomic E-state index is 0.727. The smallest absolute Gasteiger partial charge is 0.0400 e. The molecule has 0 unspecified atom stereocenters. The van der Waals surface area contributed by atoms with Crippen molar-refractivity contribution in [2.75, 3.05) is 44.2 Å². The van der Waals surface area contributed by atoms with Gasteiger partial charge in [0.25, 0.3) is 0 Å². The van der Waals surface area contributed by atoms with E-state index in [1.807, 2.05) is 0 Å². The second-order valence-corrected chi connectivity index (χ2v) is 5.85. The molecule has 1 fully saturated rings. The van der Waals surface area contributed by atoms with Crippen molar-refractivity contribution >= 4 is 5.69 Å². The van der Waals surface area contributed by atoms with Crippen molar-refractivity contribution in [3.8, 4) is 0 Å². The molecule has 1 aliphatic heterocycles. The summed E-state index contributed by atoms with van der Waals surface area (Å²) >= 11 is 0. The first-order valence-corrected chi connectivity index (χ1v) is 7.46. The highest BCUT2D eigenvalue weighted by atomic mass is 15.3. The van der Waals surface area contributed by atoms with E-state index in [2.05, 4.69) is 47.9 Å². The number of benzene rings is 1. The lowest BCUT2D eigenvalue weighted by Crippen LogP contribution is -2.47. The van der Waals surface area contributed by atoms with E-state index < -0.39 is 0 Å². The van der Waals surface area contributed by atoms with E-state index in [1.165, 1.54) is 30.9 Å². The topological polar surface area (TPSA) is 32.5 Å². The average Bonchev–Trinajstić information content (AvgIpc) is 2.40. The number of nitrogens with zero attached hydrogens (tertiary/aromatic N) is 2. The first kappa shape index (κ1) is 14.4. The number of hydrogen-bond donors (Lipinski definition) is 1. The molecule has 1 aromatic carbocycles. The van der Waals surface area contributed by atoms with Crippen LogP contribution in [0.3, 0.4) is 0 Å². The van der Waals surface area contributed by atoms with Crippen LogP contribution in [-0.2, 0) is 6.42 Å². The van der Waals surface area contributed by atoms with Crippen molar-refractivity contribution in [1.29, 1.82) is 0 Å². The molecule has 2 rings (SSSR count). The quantitative estimate of drug-likeness (QED) is 0.879. The molecule has 0 spiro atoms. The van der Waals surface area contributed by atoms with Crippen LogP contribution in [0.5, 0.6) is 0 Å². The monoisotopic (exact) mass is 261 g/mol. The second kappa shape index (κ2) is 6.92. The molecule has 3 nitrogen and oxygen atoms in total. The summed E-state index contributed by atoms with van der Waals surface area (Å²) in [4.78, 5) is 5.09. The van der Waals surface area contributed by atoms with E-state index in [-0.39, 0.29) is 0 Å². The summed E-state index contributed by atoms with van der Waals surface area (Å²) < 4.78 is 0. The molecule has 2 N–H and O–H groups in total. The zero-order valence-corrected chi connectivity index (χ0v) is 12.3. The van der Waals surface area contributed by atoms with Gasteiger partial charge in [-0.1, -0.05) is 32.0 Å². The van der Waals surface area contributed by atoms with Gasteiger partial charge in [-0.25, -0.2) is 0 Å². The fraction of sp³-hybridized carbons (Fsp3) is 0.625. The van der Waals surface area contributed by atoms with Crippen molar-refractivity contribution < 1.29 is 0 Å². The highest BCUT2D eigenvalue weighted by Crippen LogP contribution is 2.22. The number of piperazine rings is 1. The lowest BCUT2D eigenvalue weighted by molar-refractivity contribution is 0.231. The minimum Gasteiger partial charge on any atom is -0.369 e. The molecule has 0 bridgehead atoms. The Balaban J connectivity index is 1.97. The van der Waals surface area contributed by atoms with Crippen molar-refractivity contribution in [3.05, 3.63) is 29.8 Å². The van der Waals surface area contributed by atoms with Crippen LogP contribution in [0, 0.1) is 5.92 Å². The lowest BCUT2D eigenvalue weighted by atomic mass is 10.1. The third kappa shape index (κ3) is 3.95. The average molecular weight is 261 g/mol. The summed E-state index contributed by atoms with van der Waals surface area (Å²) in [6.45, 7) is 11.2. The molecule has 0 atom stereocenters. The Labute approximate surface area is 117 Å². The number of nitrogens with two attached hydrogens (primary N) is 1. The maximum Gasteiger partial charge on any atom is 0.0400 e. The maximum absolute atomic E-state index is 5.71. The predicted molar refractivity (Wildman–Crippen MR) is 82.7 cm³/mol. The minimum atomic E-state index is 0.727.